The number of thiocarbonyl (C=S) groups is 2. The molecule has 79 heavy (non-hydrogen) atoms. The van der Waals surface area contributed by atoms with E-state index < -0.39 is 47.1 Å². The molecule has 4 heterocycles. The summed E-state index contributed by atoms with van der Waals surface area (Å²) in [5.74, 6) is 1.37. The molecule has 4 N–H and O–H groups in total. The van der Waals surface area contributed by atoms with E-state index in [1.807, 2.05) is 70.5 Å². The maximum absolute atomic E-state index is 14.4. The molecule has 4 aliphatic rings. The topological polar surface area (TPSA) is 151 Å². The molecule has 4 saturated heterocycles. The first-order valence-corrected chi connectivity index (χ1v) is 27.8. The number of amides is 4. The zero-order valence-corrected chi connectivity index (χ0v) is 60.1. The Bertz CT molecular complexity index is 1950. The summed E-state index contributed by atoms with van der Waals surface area (Å²) < 4.78 is 18.2. The third kappa shape index (κ3) is 23.8. The van der Waals surface area contributed by atoms with Crippen molar-refractivity contribution >= 4 is 217 Å². The van der Waals surface area contributed by atoms with Crippen LogP contribution >= 0.6 is 183 Å². The van der Waals surface area contributed by atoms with Crippen molar-refractivity contribution in [3.63, 3.8) is 0 Å². The first-order valence-electron chi connectivity index (χ1n) is 24.9. The second-order valence-electron chi connectivity index (χ2n) is 20.4. The Labute approximate surface area is 562 Å². The standard InChI is InChI=1S/C52H76N6O7S4.10H2S/c1-9-33(3)47(66)55-37-21-27-68-41-29-51(5,6)43(57(41)49(37)61)45(59)53-39(35-17-13-11-14-18-35)31-64-25-23-63-24-26-65-32-40(36-19-15-12-16-20-36)54-46(60)44-52(7,8)30-42-58(44)50(62)38(22-28-69-42)56-48(67)34(4)10-2;;;;;;;;;;/h11-20,33-34,37-44H,9-10,21-32H2,1-8H3,(H,53,59)(H,54,60)(H,55,66)(H,56,67);10*1H2/t33-,34-,37+,38+,39-,40-,41+,42+,43-,44?;;;;;;;;;;/m1........../s1. The van der Waals surface area contributed by atoms with Crippen LogP contribution in [0.3, 0.4) is 0 Å². The second kappa shape index (κ2) is 42.1. The number of nitrogens with one attached hydrogen (secondary N) is 4. The normalized spacial score (nSPS) is 22.5. The number of carbonyl (C=O) groups is 4. The minimum atomic E-state index is -0.662. The van der Waals surface area contributed by atoms with Gasteiger partial charge in [0, 0.05) is 11.8 Å². The number of benzene rings is 2. The van der Waals surface area contributed by atoms with Gasteiger partial charge in [0.25, 0.3) is 0 Å². The van der Waals surface area contributed by atoms with Crippen LogP contribution in [0.1, 0.15) is 117 Å². The maximum Gasteiger partial charge on any atom is 0.246 e. The van der Waals surface area contributed by atoms with E-state index in [0.717, 1.165) is 35.5 Å². The van der Waals surface area contributed by atoms with Crippen molar-refractivity contribution in [2.24, 2.45) is 22.7 Å². The van der Waals surface area contributed by atoms with E-state index in [-0.39, 0.29) is 208 Å². The summed E-state index contributed by atoms with van der Waals surface area (Å²) in [4.78, 5) is 62.3. The Morgan fingerprint density at radius 2 is 0.886 bits per heavy atom. The molecule has 4 amide bonds. The van der Waals surface area contributed by atoms with Crippen LogP contribution in [0.4, 0.5) is 0 Å². The fraction of sp³-hybridized carbons (Fsp3) is 0.654. The van der Waals surface area contributed by atoms with E-state index in [4.69, 9.17) is 38.6 Å². The van der Waals surface area contributed by atoms with Gasteiger partial charge >= 0.3 is 0 Å². The van der Waals surface area contributed by atoms with Crippen molar-refractivity contribution in [3.05, 3.63) is 71.8 Å². The molecule has 0 aliphatic carbocycles. The minimum absolute atomic E-state index is 0. The van der Waals surface area contributed by atoms with Crippen molar-refractivity contribution < 1.29 is 33.4 Å². The highest BCUT2D eigenvalue weighted by atomic mass is 32.2. The van der Waals surface area contributed by atoms with E-state index in [9.17, 15) is 19.2 Å². The first kappa shape index (κ1) is 87.9. The largest absolute Gasteiger partial charge is 0.377 e. The molecule has 13 nitrogen and oxygen atoms in total. The van der Waals surface area contributed by atoms with E-state index in [1.165, 1.54) is 0 Å². The van der Waals surface area contributed by atoms with Crippen molar-refractivity contribution in [1.82, 2.24) is 31.1 Å². The number of nitrogens with zero attached hydrogens (tertiary/aromatic N) is 2. The van der Waals surface area contributed by atoms with E-state index in [1.54, 1.807) is 23.5 Å². The lowest BCUT2D eigenvalue weighted by molar-refractivity contribution is -0.142. The summed E-state index contributed by atoms with van der Waals surface area (Å²) in [6, 6.07) is 16.3. The highest BCUT2D eigenvalue weighted by Gasteiger charge is 2.56. The van der Waals surface area contributed by atoms with Gasteiger partial charge in [0.2, 0.25) is 23.6 Å². The fourth-order valence-electron chi connectivity index (χ4n) is 9.76. The molecule has 0 radical (unpaired) electrons. The summed E-state index contributed by atoms with van der Waals surface area (Å²) in [7, 11) is 0. The summed E-state index contributed by atoms with van der Waals surface area (Å²) in [5.41, 5.74) is 0.902. The highest BCUT2D eigenvalue weighted by Crippen LogP contribution is 2.48. The third-order valence-corrected chi connectivity index (χ3v) is 17.7. The number of carbonyl (C=O) groups excluding carboxylic acids is 4. The SMILES string of the molecule is CC[C@@H](C)C(=S)N[C@H]1CCS[C@H]2CC(C)(C)C(C(=O)N[C@H](COCCOCCOC[C@@H](NC(=O)[C@H]3N4C(=O)[C@@H](NC(=S)[C@H](C)CC)CCS[C@H]4CC3(C)C)c3ccccc3)c3ccccc3)N2C1=O.S.S.S.S.S.S.S.S.S.S. The predicted octanol–water partition coefficient (Wildman–Crippen LogP) is 8.72. The average Bonchev–Trinajstić information content (AvgIpc) is 3.65. The number of hydrogen-bond acceptors (Lipinski definition) is 11. The van der Waals surface area contributed by atoms with Gasteiger partial charge in [-0.15, -0.1) is 23.5 Å². The molecule has 6 rings (SSSR count). The molecule has 2 aromatic carbocycles. The molecule has 0 aromatic heterocycles. The number of hydrogen-bond donors (Lipinski definition) is 4. The molecule has 0 saturated carbocycles. The van der Waals surface area contributed by atoms with Crippen molar-refractivity contribution in [2.45, 2.75) is 141 Å². The van der Waals surface area contributed by atoms with Gasteiger partial charge in [-0.1, -0.05) is 140 Å². The lowest BCUT2D eigenvalue weighted by Crippen LogP contribution is -2.57. The first-order chi connectivity index (χ1) is 33.0. The monoisotopic (exact) mass is 1360 g/mol. The quantitative estimate of drug-likeness (QED) is 0.0658. The second-order valence-corrected chi connectivity index (χ2v) is 23.8. The predicted molar refractivity (Wildman–Crippen MR) is 389 cm³/mol. The van der Waals surface area contributed by atoms with Gasteiger partial charge in [-0.25, -0.2) is 0 Å². The Morgan fingerprint density at radius 3 is 1.20 bits per heavy atom. The number of fused-ring (bicyclic) bond motifs is 2. The Kier molecular flexibility index (Phi) is 46.9. The highest BCUT2D eigenvalue weighted by molar-refractivity contribution is 8.00. The van der Waals surface area contributed by atoms with Crippen LogP contribution in [0.15, 0.2) is 60.7 Å². The molecule has 0 spiro atoms. The van der Waals surface area contributed by atoms with Gasteiger partial charge in [0.1, 0.15) is 24.2 Å². The van der Waals surface area contributed by atoms with E-state index >= 15 is 0 Å². The van der Waals surface area contributed by atoms with Crippen LogP contribution in [-0.2, 0) is 33.4 Å². The van der Waals surface area contributed by atoms with Crippen molar-refractivity contribution in [2.75, 3.05) is 51.1 Å². The molecule has 0 bridgehead atoms. The Balaban J connectivity index is -0.00000183. The van der Waals surface area contributed by atoms with Gasteiger partial charge in [-0.3, -0.25) is 19.2 Å². The summed E-state index contributed by atoms with van der Waals surface area (Å²) >= 11 is 14.8. The lowest BCUT2D eigenvalue weighted by Gasteiger charge is -2.35. The smallest absolute Gasteiger partial charge is 0.246 e. The molecule has 10 atom stereocenters. The van der Waals surface area contributed by atoms with Gasteiger partial charge < -0.3 is 45.3 Å². The number of ether oxygens (including phenoxy) is 3. The molecule has 460 valence electrons. The third-order valence-electron chi connectivity index (χ3n) is 14.2. The Hall–Kier alpha value is 0.180. The fourth-order valence-corrected chi connectivity index (χ4v) is 13.5. The van der Waals surface area contributed by atoms with Gasteiger partial charge in [0.05, 0.1) is 72.4 Å². The average molecular weight is 1370 g/mol. The molecule has 1 unspecified atom stereocenters. The van der Waals surface area contributed by atoms with Crippen molar-refractivity contribution in [1.29, 1.82) is 0 Å². The van der Waals surface area contributed by atoms with Gasteiger partial charge in [0.15, 0.2) is 0 Å². The van der Waals surface area contributed by atoms with Crippen LogP contribution in [0.5, 0.6) is 0 Å². The molecular weight excluding hydrogens is 1270 g/mol. The van der Waals surface area contributed by atoms with E-state index in [2.05, 4.69) is 76.7 Å². The summed E-state index contributed by atoms with van der Waals surface area (Å²) in [6.07, 6.45) is 4.50. The van der Waals surface area contributed by atoms with Crippen LogP contribution in [0.2, 0.25) is 0 Å². The van der Waals surface area contributed by atoms with Crippen LogP contribution < -0.4 is 21.3 Å². The number of rotatable bonds is 22. The minimum Gasteiger partial charge on any atom is -0.377 e. The van der Waals surface area contributed by atoms with Crippen molar-refractivity contribution in [3.8, 4) is 0 Å². The lowest BCUT2D eigenvalue weighted by atomic mass is 9.83. The van der Waals surface area contributed by atoms with Crippen LogP contribution in [-0.4, -0.2) is 129 Å². The van der Waals surface area contributed by atoms with Gasteiger partial charge in [-0.2, -0.15) is 135 Å². The zero-order chi connectivity index (χ0) is 49.9. The van der Waals surface area contributed by atoms with E-state index in [0.29, 0.717) is 48.9 Å². The van der Waals surface area contributed by atoms with Crippen LogP contribution in [0, 0.1) is 22.7 Å². The molecule has 27 heteroatoms. The molecule has 2 aromatic rings. The summed E-state index contributed by atoms with van der Waals surface area (Å²) in [5, 5.41) is 13.1. The molecular formula is C52H96N6O7S14. The van der Waals surface area contributed by atoms with Gasteiger partial charge in [-0.05, 0) is 72.0 Å². The summed E-state index contributed by atoms with van der Waals surface area (Å²) in [6.45, 7) is 18.2. The molecule has 4 fully saturated rings. The number of thioether (sulfide) groups is 2. The maximum atomic E-state index is 14.4. The zero-order valence-electron chi connectivity index (χ0n) is 46.8. The molecule has 4 aliphatic heterocycles. The van der Waals surface area contributed by atoms with Crippen LogP contribution in [0.25, 0.3) is 0 Å². The Morgan fingerprint density at radius 1 is 0.570 bits per heavy atom.